The van der Waals surface area contributed by atoms with Gasteiger partial charge in [-0.15, -0.1) is 11.3 Å². The first-order chi connectivity index (χ1) is 9.82. The quantitative estimate of drug-likeness (QED) is 0.837. The maximum absolute atomic E-state index is 12.7. The number of carbonyl (C=O) groups is 1. The van der Waals surface area contributed by atoms with Crippen LogP contribution < -0.4 is 5.32 Å². The maximum Gasteiger partial charge on any atom is 0.252 e. The van der Waals surface area contributed by atoms with Gasteiger partial charge in [0.05, 0.1) is 3.79 Å². The summed E-state index contributed by atoms with van der Waals surface area (Å²) in [6, 6.07) is 1.72. The molecule has 1 N–H and O–H groups in total. The Labute approximate surface area is 136 Å². The summed E-state index contributed by atoms with van der Waals surface area (Å²) in [5, 5.41) is 2.87. The second-order valence-corrected chi connectivity index (χ2v) is 10.4. The molecule has 8 heteroatoms. The highest BCUT2D eigenvalue weighted by Crippen LogP contribution is 2.40. The van der Waals surface area contributed by atoms with Crippen molar-refractivity contribution in [2.75, 3.05) is 19.6 Å². The second-order valence-electron chi connectivity index (χ2n) is 5.88. The number of nitrogens with zero attached hydrogens (tertiary/aromatic N) is 1. The Morgan fingerprint density at radius 3 is 2.52 bits per heavy atom. The first-order valence-electron chi connectivity index (χ1n) is 6.85. The van der Waals surface area contributed by atoms with E-state index in [0.29, 0.717) is 30.3 Å². The van der Waals surface area contributed by atoms with E-state index in [0.717, 1.165) is 22.2 Å². The third-order valence-corrected chi connectivity index (χ3v) is 8.89. The van der Waals surface area contributed by atoms with Crippen molar-refractivity contribution in [3.63, 3.8) is 0 Å². The molecule has 2 fully saturated rings. The molecule has 1 aromatic rings. The molecule has 116 valence electrons. The molecule has 0 atom stereocenters. The van der Waals surface area contributed by atoms with Crippen LogP contribution in [0.1, 0.15) is 24.8 Å². The minimum atomic E-state index is -3.41. The van der Waals surface area contributed by atoms with Crippen molar-refractivity contribution in [2.24, 2.45) is 5.41 Å². The Morgan fingerprint density at radius 1 is 1.38 bits per heavy atom. The van der Waals surface area contributed by atoms with Gasteiger partial charge >= 0.3 is 0 Å². The lowest BCUT2D eigenvalue weighted by molar-refractivity contribution is -0.119. The van der Waals surface area contributed by atoms with Crippen LogP contribution >= 0.6 is 27.3 Å². The van der Waals surface area contributed by atoms with Gasteiger partial charge < -0.3 is 5.32 Å². The zero-order valence-corrected chi connectivity index (χ0v) is 14.9. The molecule has 3 heterocycles. The fourth-order valence-electron chi connectivity index (χ4n) is 2.99. The minimum Gasteiger partial charge on any atom is -0.356 e. The van der Waals surface area contributed by atoms with E-state index in [1.54, 1.807) is 10.4 Å². The fraction of sp³-hybridized carbons (Fsp3) is 0.615. The molecule has 1 amide bonds. The summed E-state index contributed by atoms with van der Waals surface area (Å²) in [6.07, 6.45) is 2.03. The van der Waals surface area contributed by atoms with E-state index in [4.69, 9.17) is 0 Å². The summed E-state index contributed by atoms with van der Waals surface area (Å²) in [6.45, 7) is 3.56. The molecule has 0 saturated carbocycles. The van der Waals surface area contributed by atoms with Crippen molar-refractivity contribution in [1.82, 2.24) is 9.62 Å². The van der Waals surface area contributed by atoms with Crippen LogP contribution in [0.2, 0.25) is 0 Å². The van der Waals surface area contributed by atoms with Gasteiger partial charge in [-0.3, -0.25) is 4.79 Å². The van der Waals surface area contributed by atoms with Gasteiger partial charge in [-0.2, -0.15) is 4.31 Å². The van der Waals surface area contributed by atoms with E-state index in [2.05, 4.69) is 21.2 Å². The van der Waals surface area contributed by atoms with E-state index in [9.17, 15) is 13.2 Å². The number of rotatable bonds is 2. The summed E-state index contributed by atoms with van der Waals surface area (Å²) in [4.78, 5) is 11.4. The molecule has 3 rings (SSSR count). The number of thiophene rings is 1. The number of piperidine rings is 1. The minimum absolute atomic E-state index is 0.0327. The van der Waals surface area contributed by atoms with Gasteiger partial charge in [0.2, 0.25) is 5.91 Å². The van der Waals surface area contributed by atoms with Gasteiger partial charge in [0.15, 0.2) is 0 Å². The number of hydrogen-bond acceptors (Lipinski definition) is 4. The highest BCUT2D eigenvalue weighted by molar-refractivity contribution is 9.11. The van der Waals surface area contributed by atoms with Crippen LogP contribution in [0.3, 0.4) is 0 Å². The zero-order chi connectivity index (χ0) is 15.3. The lowest BCUT2D eigenvalue weighted by atomic mass is 9.78. The van der Waals surface area contributed by atoms with Gasteiger partial charge in [0.25, 0.3) is 10.0 Å². The first kappa shape index (κ1) is 15.5. The smallest absolute Gasteiger partial charge is 0.252 e. The Kier molecular flexibility index (Phi) is 3.92. The van der Waals surface area contributed by atoms with E-state index < -0.39 is 10.0 Å². The molecule has 0 aromatic carbocycles. The molecule has 5 nitrogen and oxygen atoms in total. The van der Waals surface area contributed by atoms with Crippen molar-refractivity contribution < 1.29 is 13.2 Å². The number of halogens is 1. The normalized spacial score (nSPS) is 22.7. The van der Waals surface area contributed by atoms with Gasteiger partial charge in [0.1, 0.15) is 4.21 Å². The summed E-state index contributed by atoms with van der Waals surface area (Å²) in [7, 11) is -3.41. The molecule has 1 spiro atoms. The fourth-order valence-corrected chi connectivity index (χ4v) is 6.81. The highest BCUT2D eigenvalue weighted by Gasteiger charge is 2.43. The third kappa shape index (κ3) is 2.78. The van der Waals surface area contributed by atoms with Gasteiger partial charge in [-0.05, 0) is 52.7 Å². The Balaban J connectivity index is 1.75. The average molecular weight is 393 g/mol. The standard InChI is InChI=1S/C13H17BrN2O3S2/c1-9-6-11(20-12(9)14)21(18,19)16-4-2-13(3-5-16)7-10(17)15-8-13/h6H,2-5,7-8H2,1H3,(H,15,17). The monoisotopic (exact) mass is 392 g/mol. The predicted octanol–water partition coefficient (Wildman–Crippen LogP) is 2.11. The number of aryl methyl sites for hydroxylation is 1. The maximum atomic E-state index is 12.7. The molecule has 0 aliphatic carbocycles. The van der Waals surface area contributed by atoms with Crippen LogP contribution in [0.5, 0.6) is 0 Å². The van der Waals surface area contributed by atoms with Crippen LogP contribution in [-0.2, 0) is 14.8 Å². The zero-order valence-electron chi connectivity index (χ0n) is 11.7. The van der Waals surface area contributed by atoms with Crippen LogP contribution in [0, 0.1) is 12.3 Å². The number of nitrogens with one attached hydrogen (secondary N) is 1. The van der Waals surface area contributed by atoms with Crippen LogP contribution in [0.4, 0.5) is 0 Å². The van der Waals surface area contributed by atoms with Crippen molar-refractivity contribution in [2.45, 2.75) is 30.4 Å². The van der Waals surface area contributed by atoms with Crippen molar-refractivity contribution in [1.29, 1.82) is 0 Å². The summed E-state index contributed by atoms with van der Waals surface area (Å²) in [5.41, 5.74) is 0.910. The number of amides is 1. The van der Waals surface area contributed by atoms with Crippen molar-refractivity contribution in [3.05, 3.63) is 15.4 Å². The summed E-state index contributed by atoms with van der Waals surface area (Å²) >= 11 is 4.64. The molecular weight excluding hydrogens is 376 g/mol. The van der Waals surface area contributed by atoms with E-state index in [1.807, 2.05) is 6.92 Å². The number of sulfonamides is 1. The van der Waals surface area contributed by atoms with E-state index >= 15 is 0 Å². The molecule has 21 heavy (non-hydrogen) atoms. The number of carbonyl (C=O) groups excluding carboxylic acids is 1. The molecule has 1 aromatic heterocycles. The Bertz CT molecular complexity index is 656. The predicted molar refractivity (Wildman–Crippen MR) is 84.8 cm³/mol. The molecular formula is C13H17BrN2O3S2. The topological polar surface area (TPSA) is 66.5 Å². The van der Waals surface area contributed by atoms with Crippen molar-refractivity contribution >= 4 is 43.2 Å². The summed E-state index contributed by atoms with van der Waals surface area (Å²) in [5.74, 6) is 0.0871. The largest absolute Gasteiger partial charge is 0.356 e. The lowest BCUT2D eigenvalue weighted by Crippen LogP contribution is -2.43. The average Bonchev–Trinajstić information content (AvgIpc) is 2.95. The van der Waals surface area contributed by atoms with Crippen LogP contribution in [0.15, 0.2) is 14.1 Å². The molecule has 0 radical (unpaired) electrons. The van der Waals surface area contributed by atoms with Gasteiger partial charge in [-0.1, -0.05) is 0 Å². The lowest BCUT2D eigenvalue weighted by Gasteiger charge is -2.37. The number of hydrogen-bond donors (Lipinski definition) is 1. The van der Waals surface area contributed by atoms with E-state index in [-0.39, 0.29) is 11.3 Å². The first-order valence-corrected chi connectivity index (χ1v) is 9.90. The molecule has 2 aliphatic rings. The second kappa shape index (κ2) is 5.33. The SMILES string of the molecule is Cc1cc(S(=O)(=O)N2CCC3(CC2)CNC(=O)C3)sc1Br. The Morgan fingerprint density at radius 2 is 2.05 bits per heavy atom. The third-order valence-electron chi connectivity index (χ3n) is 4.41. The van der Waals surface area contributed by atoms with Crippen LogP contribution in [0.25, 0.3) is 0 Å². The van der Waals surface area contributed by atoms with Crippen molar-refractivity contribution in [3.8, 4) is 0 Å². The highest BCUT2D eigenvalue weighted by atomic mass is 79.9. The van der Waals surface area contributed by atoms with Gasteiger partial charge in [0, 0.05) is 26.1 Å². The molecule has 0 unspecified atom stereocenters. The van der Waals surface area contributed by atoms with E-state index in [1.165, 1.54) is 11.3 Å². The van der Waals surface area contributed by atoms with Crippen LogP contribution in [-0.4, -0.2) is 38.3 Å². The molecule has 2 aliphatic heterocycles. The molecule has 2 saturated heterocycles. The van der Waals surface area contributed by atoms with Gasteiger partial charge in [-0.25, -0.2) is 8.42 Å². The Hall–Kier alpha value is -0.440. The summed E-state index contributed by atoms with van der Waals surface area (Å²) < 4.78 is 28.1. The molecule has 0 bridgehead atoms.